The monoisotopic (exact) mass is 302 g/mol. The number of hydrogen-bond donors (Lipinski definition) is 2. The Hall–Kier alpha value is -0.580. The van der Waals surface area contributed by atoms with Crippen LogP contribution in [0, 0.1) is 19.8 Å². The first-order valence-electron chi connectivity index (χ1n) is 6.66. The van der Waals surface area contributed by atoms with Gasteiger partial charge in [0.2, 0.25) is 0 Å². The highest BCUT2D eigenvalue weighted by molar-refractivity contribution is 7.14. The molecule has 1 aromatic rings. The smallest absolute Gasteiger partial charge is 0.261 e. The van der Waals surface area contributed by atoms with Crippen molar-refractivity contribution in [2.24, 2.45) is 5.92 Å². The second-order valence-corrected chi connectivity index (χ2v) is 6.47. The Morgan fingerprint density at radius 3 is 2.79 bits per heavy atom. The van der Waals surface area contributed by atoms with Gasteiger partial charge in [0.15, 0.2) is 0 Å². The molecule has 1 saturated heterocycles. The zero-order valence-electron chi connectivity index (χ0n) is 11.8. The molecule has 2 heterocycles. The first kappa shape index (κ1) is 16.5. The van der Waals surface area contributed by atoms with E-state index in [0.717, 1.165) is 18.0 Å². The highest BCUT2D eigenvalue weighted by Crippen LogP contribution is 2.21. The molecule has 0 bridgehead atoms. The molecular formula is C14H23ClN2OS. The molecule has 1 aliphatic rings. The summed E-state index contributed by atoms with van der Waals surface area (Å²) in [4.78, 5) is 14.2. The van der Waals surface area contributed by atoms with E-state index >= 15 is 0 Å². The van der Waals surface area contributed by atoms with E-state index < -0.39 is 0 Å². The molecule has 2 N–H and O–H groups in total. The number of amides is 1. The molecule has 1 amide bonds. The summed E-state index contributed by atoms with van der Waals surface area (Å²) < 4.78 is 0. The van der Waals surface area contributed by atoms with Crippen LogP contribution in [0.4, 0.5) is 0 Å². The number of thiophene rings is 1. The van der Waals surface area contributed by atoms with E-state index in [1.807, 2.05) is 6.07 Å². The van der Waals surface area contributed by atoms with Gasteiger partial charge in [-0.25, -0.2) is 0 Å². The van der Waals surface area contributed by atoms with E-state index in [0.29, 0.717) is 5.92 Å². The van der Waals surface area contributed by atoms with Gasteiger partial charge >= 0.3 is 0 Å². The average molecular weight is 303 g/mol. The third kappa shape index (κ3) is 4.20. The van der Waals surface area contributed by atoms with Gasteiger partial charge in [0.1, 0.15) is 0 Å². The minimum Gasteiger partial charge on any atom is -0.349 e. The van der Waals surface area contributed by atoms with Gasteiger partial charge in [-0.2, -0.15) is 0 Å². The number of carbonyl (C=O) groups is 1. The highest BCUT2D eigenvalue weighted by Gasteiger charge is 2.22. The van der Waals surface area contributed by atoms with E-state index in [9.17, 15) is 4.79 Å². The predicted octanol–water partition coefficient (Wildman–Crippen LogP) is 2.90. The van der Waals surface area contributed by atoms with Crippen molar-refractivity contribution in [1.29, 1.82) is 0 Å². The first-order chi connectivity index (χ1) is 8.58. The maximum atomic E-state index is 12.1. The molecule has 0 radical (unpaired) electrons. The van der Waals surface area contributed by atoms with Gasteiger partial charge in [0.25, 0.3) is 5.91 Å². The molecule has 5 heteroatoms. The Bertz CT molecular complexity index is 408. The maximum Gasteiger partial charge on any atom is 0.261 e. The van der Waals surface area contributed by atoms with E-state index in [1.165, 1.54) is 23.3 Å². The molecule has 2 unspecified atom stereocenters. The quantitative estimate of drug-likeness (QED) is 0.901. The lowest BCUT2D eigenvalue weighted by Gasteiger charge is -2.28. The van der Waals surface area contributed by atoms with Crippen LogP contribution in [0.25, 0.3) is 0 Å². The Labute approximate surface area is 125 Å². The van der Waals surface area contributed by atoms with Gasteiger partial charge in [0.05, 0.1) is 4.88 Å². The van der Waals surface area contributed by atoms with Crippen molar-refractivity contribution in [3.8, 4) is 0 Å². The van der Waals surface area contributed by atoms with Gasteiger partial charge in [-0.05, 0) is 64.3 Å². The number of rotatable bonds is 3. The molecule has 1 fully saturated rings. The van der Waals surface area contributed by atoms with Crippen LogP contribution in [-0.2, 0) is 0 Å². The topological polar surface area (TPSA) is 41.1 Å². The zero-order valence-corrected chi connectivity index (χ0v) is 13.4. The largest absolute Gasteiger partial charge is 0.349 e. The van der Waals surface area contributed by atoms with Gasteiger partial charge < -0.3 is 10.6 Å². The van der Waals surface area contributed by atoms with Crippen molar-refractivity contribution < 1.29 is 4.79 Å². The molecule has 0 aliphatic carbocycles. The van der Waals surface area contributed by atoms with E-state index in [2.05, 4.69) is 31.4 Å². The third-order valence-electron chi connectivity index (χ3n) is 3.79. The lowest BCUT2D eigenvalue weighted by atomic mass is 9.93. The van der Waals surface area contributed by atoms with Gasteiger partial charge in [-0.1, -0.05) is 0 Å². The average Bonchev–Trinajstić information content (AvgIpc) is 2.71. The van der Waals surface area contributed by atoms with Crippen LogP contribution in [-0.4, -0.2) is 25.0 Å². The SMILES string of the molecule is Cc1cc(C(=O)NC(C)C2CCCNC2)sc1C.Cl. The Morgan fingerprint density at radius 1 is 1.53 bits per heavy atom. The summed E-state index contributed by atoms with van der Waals surface area (Å²) in [6, 6.07) is 2.23. The summed E-state index contributed by atoms with van der Waals surface area (Å²) >= 11 is 1.58. The Morgan fingerprint density at radius 2 is 2.26 bits per heavy atom. The Balaban J connectivity index is 0.00000180. The molecule has 3 nitrogen and oxygen atoms in total. The summed E-state index contributed by atoms with van der Waals surface area (Å²) in [5.41, 5.74) is 1.21. The molecule has 1 aromatic heterocycles. The first-order valence-corrected chi connectivity index (χ1v) is 7.48. The van der Waals surface area contributed by atoms with Crippen molar-refractivity contribution >= 4 is 29.7 Å². The second kappa shape index (κ2) is 7.27. The minimum absolute atomic E-state index is 0. The van der Waals surface area contributed by atoms with E-state index in [1.54, 1.807) is 11.3 Å². The molecule has 108 valence electrons. The summed E-state index contributed by atoms with van der Waals surface area (Å²) in [7, 11) is 0. The number of nitrogens with one attached hydrogen (secondary N) is 2. The molecule has 2 atom stereocenters. The Kier molecular flexibility index (Phi) is 6.30. The normalized spacial score (nSPS) is 20.5. The minimum atomic E-state index is 0. The number of aryl methyl sites for hydroxylation is 2. The van der Waals surface area contributed by atoms with Crippen LogP contribution in [0.5, 0.6) is 0 Å². The van der Waals surface area contributed by atoms with Crippen LogP contribution in [0.2, 0.25) is 0 Å². The van der Waals surface area contributed by atoms with Crippen molar-refractivity contribution in [2.45, 2.75) is 39.7 Å². The lowest BCUT2D eigenvalue weighted by molar-refractivity contribution is 0.0926. The summed E-state index contributed by atoms with van der Waals surface area (Å²) in [5.74, 6) is 0.638. The summed E-state index contributed by atoms with van der Waals surface area (Å²) in [6.45, 7) is 8.36. The van der Waals surface area contributed by atoms with Crippen molar-refractivity contribution in [3.63, 3.8) is 0 Å². The van der Waals surface area contributed by atoms with E-state index in [4.69, 9.17) is 0 Å². The zero-order chi connectivity index (χ0) is 13.1. The number of halogens is 1. The maximum absolute atomic E-state index is 12.1. The van der Waals surface area contributed by atoms with Gasteiger partial charge in [-0.3, -0.25) is 4.79 Å². The van der Waals surface area contributed by atoms with Gasteiger partial charge in [-0.15, -0.1) is 23.7 Å². The highest BCUT2D eigenvalue weighted by atomic mass is 35.5. The predicted molar refractivity (Wildman–Crippen MR) is 83.6 cm³/mol. The van der Waals surface area contributed by atoms with Crippen molar-refractivity contribution in [3.05, 3.63) is 21.4 Å². The van der Waals surface area contributed by atoms with Gasteiger partial charge in [0, 0.05) is 10.9 Å². The number of carbonyl (C=O) groups excluding carboxylic acids is 1. The fourth-order valence-corrected chi connectivity index (χ4v) is 3.32. The van der Waals surface area contributed by atoms with Crippen LogP contribution >= 0.6 is 23.7 Å². The second-order valence-electron chi connectivity index (χ2n) is 5.22. The standard InChI is InChI=1S/C14H22N2OS.ClH/c1-9-7-13(18-11(9)3)14(17)16-10(2)12-5-4-6-15-8-12;/h7,10,12,15H,4-6,8H2,1-3H3,(H,16,17);1H. The van der Waals surface area contributed by atoms with Crippen LogP contribution in [0.3, 0.4) is 0 Å². The summed E-state index contributed by atoms with van der Waals surface area (Å²) in [5, 5.41) is 6.53. The molecule has 19 heavy (non-hydrogen) atoms. The third-order valence-corrected chi connectivity index (χ3v) is 4.94. The molecule has 0 spiro atoms. The lowest BCUT2D eigenvalue weighted by Crippen LogP contribution is -2.44. The fourth-order valence-electron chi connectivity index (χ4n) is 2.39. The fraction of sp³-hybridized carbons (Fsp3) is 0.643. The molecule has 0 aromatic carbocycles. The molecule has 2 rings (SSSR count). The number of piperidine rings is 1. The van der Waals surface area contributed by atoms with Crippen molar-refractivity contribution in [1.82, 2.24) is 10.6 Å². The van der Waals surface area contributed by atoms with Crippen molar-refractivity contribution in [2.75, 3.05) is 13.1 Å². The number of hydrogen-bond acceptors (Lipinski definition) is 3. The molecular weight excluding hydrogens is 280 g/mol. The van der Waals surface area contributed by atoms with Crippen LogP contribution < -0.4 is 10.6 Å². The molecule has 0 saturated carbocycles. The van der Waals surface area contributed by atoms with E-state index in [-0.39, 0.29) is 24.4 Å². The van der Waals surface area contributed by atoms with Crippen LogP contribution in [0.1, 0.15) is 39.9 Å². The van der Waals surface area contributed by atoms with Crippen LogP contribution in [0.15, 0.2) is 6.07 Å². The molecule has 1 aliphatic heterocycles. The summed E-state index contributed by atoms with van der Waals surface area (Å²) in [6.07, 6.45) is 2.42.